The standard InChI is InChI=1S/C18H14F2N2O/c1-11-6-7-14(8-12(11)2)22-18(23)13(10-21)9-15-16(19)4-3-5-17(15)20/h3-9H,1-2H3,(H,22,23). The van der Waals surface area contributed by atoms with Crippen molar-refractivity contribution in [1.29, 1.82) is 5.26 Å². The Hall–Kier alpha value is -3.00. The number of rotatable bonds is 3. The van der Waals surface area contributed by atoms with Crippen LogP contribution in [0.15, 0.2) is 42.0 Å². The minimum absolute atomic E-state index is 0.382. The topological polar surface area (TPSA) is 52.9 Å². The lowest BCUT2D eigenvalue weighted by atomic mass is 10.1. The molecule has 116 valence electrons. The zero-order valence-corrected chi connectivity index (χ0v) is 12.7. The number of nitrogens with one attached hydrogen (secondary N) is 1. The van der Waals surface area contributed by atoms with Crippen molar-refractivity contribution in [3.63, 3.8) is 0 Å². The third-order valence-corrected chi connectivity index (χ3v) is 3.42. The number of hydrogen-bond acceptors (Lipinski definition) is 2. The van der Waals surface area contributed by atoms with Gasteiger partial charge in [0.2, 0.25) is 0 Å². The van der Waals surface area contributed by atoms with Crippen LogP contribution in [0.1, 0.15) is 16.7 Å². The van der Waals surface area contributed by atoms with E-state index in [9.17, 15) is 13.6 Å². The summed E-state index contributed by atoms with van der Waals surface area (Å²) in [4.78, 5) is 12.1. The second-order valence-electron chi connectivity index (χ2n) is 5.06. The van der Waals surface area contributed by atoms with Gasteiger partial charge >= 0.3 is 0 Å². The number of nitrogens with zero attached hydrogens (tertiary/aromatic N) is 1. The summed E-state index contributed by atoms with van der Waals surface area (Å²) in [6.45, 7) is 3.82. The third-order valence-electron chi connectivity index (χ3n) is 3.42. The number of hydrogen-bond donors (Lipinski definition) is 1. The first kappa shape index (κ1) is 16.4. The Labute approximate surface area is 132 Å². The average Bonchev–Trinajstić information content (AvgIpc) is 2.50. The van der Waals surface area contributed by atoms with Gasteiger partial charge in [0.15, 0.2) is 0 Å². The Balaban J connectivity index is 2.30. The molecule has 2 aromatic carbocycles. The molecule has 1 amide bonds. The molecule has 0 aliphatic heterocycles. The summed E-state index contributed by atoms with van der Waals surface area (Å²) < 4.78 is 27.2. The van der Waals surface area contributed by atoms with E-state index in [1.165, 1.54) is 6.07 Å². The van der Waals surface area contributed by atoms with Crippen LogP contribution in [0.25, 0.3) is 6.08 Å². The van der Waals surface area contributed by atoms with Crippen LogP contribution >= 0.6 is 0 Å². The van der Waals surface area contributed by atoms with Gasteiger partial charge in [0.05, 0.1) is 0 Å². The fraction of sp³-hybridized carbons (Fsp3) is 0.111. The number of halogens is 2. The number of benzene rings is 2. The van der Waals surface area contributed by atoms with Gasteiger partial charge in [-0.25, -0.2) is 8.78 Å². The molecular weight excluding hydrogens is 298 g/mol. The van der Waals surface area contributed by atoms with E-state index in [-0.39, 0.29) is 5.57 Å². The van der Waals surface area contributed by atoms with Gasteiger partial charge in [-0.1, -0.05) is 12.1 Å². The summed E-state index contributed by atoms with van der Waals surface area (Å²) in [5.41, 5.74) is 1.75. The maximum absolute atomic E-state index is 13.6. The molecule has 0 bridgehead atoms. The minimum Gasteiger partial charge on any atom is -0.321 e. The first-order valence-corrected chi connectivity index (χ1v) is 6.87. The molecule has 5 heteroatoms. The van der Waals surface area contributed by atoms with Gasteiger partial charge in [-0.15, -0.1) is 0 Å². The molecule has 0 heterocycles. The largest absolute Gasteiger partial charge is 0.321 e. The summed E-state index contributed by atoms with van der Waals surface area (Å²) >= 11 is 0. The van der Waals surface area contributed by atoms with Crippen molar-refractivity contribution in [2.24, 2.45) is 0 Å². The molecule has 0 unspecified atom stereocenters. The zero-order valence-electron chi connectivity index (χ0n) is 12.7. The third kappa shape index (κ3) is 3.80. The van der Waals surface area contributed by atoms with Gasteiger partial charge in [-0.05, 0) is 55.3 Å². The van der Waals surface area contributed by atoms with E-state index in [0.29, 0.717) is 5.69 Å². The van der Waals surface area contributed by atoms with Gasteiger partial charge < -0.3 is 5.32 Å². The number of amides is 1. The van der Waals surface area contributed by atoms with E-state index in [4.69, 9.17) is 5.26 Å². The average molecular weight is 312 g/mol. The van der Waals surface area contributed by atoms with E-state index in [2.05, 4.69) is 5.32 Å². The Bertz CT molecular complexity index is 815. The molecule has 0 aromatic heterocycles. The maximum atomic E-state index is 13.6. The Kier molecular flexibility index (Phi) is 4.87. The highest BCUT2D eigenvalue weighted by atomic mass is 19.1. The molecule has 1 N–H and O–H groups in total. The molecule has 0 aliphatic carbocycles. The van der Waals surface area contributed by atoms with E-state index >= 15 is 0 Å². The van der Waals surface area contributed by atoms with E-state index < -0.39 is 23.1 Å². The SMILES string of the molecule is Cc1ccc(NC(=O)C(C#N)=Cc2c(F)cccc2F)cc1C. The summed E-state index contributed by atoms with van der Waals surface area (Å²) in [5, 5.41) is 11.6. The Morgan fingerprint density at radius 1 is 1.13 bits per heavy atom. The maximum Gasteiger partial charge on any atom is 0.266 e. The van der Waals surface area contributed by atoms with Crippen LogP contribution in [0.5, 0.6) is 0 Å². The first-order chi connectivity index (χ1) is 10.9. The summed E-state index contributed by atoms with van der Waals surface area (Å²) in [6, 6.07) is 10.3. The van der Waals surface area contributed by atoms with E-state index in [0.717, 1.165) is 29.3 Å². The monoisotopic (exact) mass is 312 g/mol. The lowest BCUT2D eigenvalue weighted by Crippen LogP contribution is -2.13. The van der Waals surface area contributed by atoms with Crippen LogP contribution in [-0.2, 0) is 4.79 Å². The molecule has 23 heavy (non-hydrogen) atoms. The highest BCUT2D eigenvalue weighted by Crippen LogP contribution is 2.18. The molecule has 0 saturated heterocycles. The number of carbonyl (C=O) groups excluding carboxylic acids is 1. The van der Waals surface area contributed by atoms with Crippen molar-refractivity contribution in [3.05, 3.63) is 70.3 Å². The van der Waals surface area contributed by atoms with Crippen molar-refractivity contribution in [1.82, 2.24) is 0 Å². The molecule has 0 radical (unpaired) electrons. The highest BCUT2D eigenvalue weighted by molar-refractivity contribution is 6.09. The molecule has 0 fully saturated rings. The zero-order chi connectivity index (χ0) is 17.0. The number of aryl methyl sites for hydroxylation is 2. The van der Waals surface area contributed by atoms with Crippen molar-refractivity contribution >= 4 is 17.7 Å². The van der Waals surface area contributed by atoms with Crippen LogP contribution in [0.2, 0.25) is 0 Å². The van der Waals surface area contributed by atoms with Gasteiger partial charge in [-0.3, -0.25) is 4.79 Å². The molecule has 2 rings (SSSR count). The quantitative estimate of drug-likeness (QED) is 0.684. The lowest BCUT2D eigenvalue weighted by Gasteiger charge is -2.07. The number of carbonyl (C=O) groups is 1. The van der Waals surface area contributed by atoms with Crippen molar-refractivity contribution in [2.45, 2.75) is 13.8 Å². The van der Waals surface area contributed by atoms with Crippen LogP contribution in [0.4, 0.5) is 14.5 Å². The van der Waals surface area contributed by atoms with Gasteiger partial charge in [0.25, 0.3) is 5.91 Å². The van der Waals surface area contributed by atoms with Crippen LogP contribution in [0.3, 0.4) is 0 Å². The van der Waals surface area contributed by atoms with E-state index in [1.54, 1.807) is 18.2 Å². The predicted molar refractivity (Wildman–Crippen MR) is 84.5 cm³/mol. The second kappa shape index (κ2) is 6.84. The van der Waals surface area contributed by atoms with Crippen molar-refractivity contribution in [3.8, 4) is 6.07 Å². The fourth-order valence-electron chi connectivity index (χ4n) is 1.96. The molecule has 2 aromatic rings. The number of nitriles is 1. The molecule has 0 spiro atoms. The molecule has 0 aliphatic rings. The Morgan fingerprint density at radius 2 is 1.78 bits per heavy atom. The van der Waals surface area contributed by atoms with Crippen LogP contribution in [-0.4, -0.2) is 5.91 Å². The minimum atomic E-state index is -0.836. The molecule has 3 nitrogen and oxygen atoms in total. The summed E-state index contributed by atoms with van der Waals surface area (Å²) in [5.74, 6) is -2.40. The lowest BCUT2D eigenvalue weighted by molar-refractivity contribution is -0.112. The van der Waals surface area contributed by atoms with Crippen LogP contribution in [0, 0.1) is 36.8 Å². The summed E-state index contributed by atoms with van der Waals surface area (Å²) in [7, 11) is 0. The predicted octanol–water partition coefficient (Wildman–Crippen LogP) is 4.13. The molecule has 0 saturated carbocycles. The van der Waals surface area contributed by atoms with Gasteiger partial charge in [0.1, 0.15) is 23.3 Å². The van der Waals surface area contributed by atoms with Crippen LogP contribution < -0.4 is 5.32 Å². The van der Waals surface area contributed by atoms with Gasteiger partial charge in [0, 0.05) is 11.3 Å². The highest BCUT2D eigenvalue weighted by Gasteiger charge is 2.13. The van der Waals surface area contributed by atoms with Crippen molar-refractivity contribution in [2.75, 3.05) is 5.32 Å². The number of anilines is 1. The second-order valence-corrected chi connectivity index (χ2v) is 5.06. The normalized spacial score (nSPS) is 11.0. The van der Waals surface area contributed by atoms with Gasteiger partial charge in [-0.2, -0.15) is 5.26 Å². The first-order valence-electron chi connectivity index (χ1n) is 6.87. The molecular formula is C18H14F2N2O. The van der Waals surface area contributed by atoms with Crippen molar-refractivity contribution < 1.29 is 13.6 Å². The van der Waals surface area contributed by atoms with E-state index in [1.807, 2.05) is 19.9 Å². The summed E-state index contributed by atoms with van der Waals surface area (Å²) in [6.07, 6.45) is 0.904. The Morgan fingerprint density at radius 3 is 2.35 bits per heavy atom. The molecule has 0 atom stereocenters. The smallest absolute Gasteiger partial charge is 0.266 e. The fourth-order valence-corrected chi connectivity index (χ4v) is 1.96.